The smallest absolute Gasteiger partial charge is 0.311 e. The predicted octanol–water partition coefficient (Wildman–Crippen LogP) is 4.22. The SMILES string of the molecule is COP(=O)(OC)C(C)(CCl)Sc1ccccc1. The zero-order valence-electron chi connectivity index (χ0n) is 10.1. The average molecular weight is 295 g/mol. The monoisotopic (exact) mass is 294 g/mol. The van der Waals surface area contributed by atoms with E-state index in [0.717, 1.165) is 4.90 Å². The number of thioether (sulfide) groups is 1. The molecule has 0 spiro atoms. The van der Waals surface area contributed by atoms with E-state index in [2.05, 4.69) is 0 Å². The van der Waals surface area contributed by atoms with Crippen molar-refractivity contribution in [3.8, 4) is 0 Å². The molecule has 0 bridgehead atoms. The van der Waals surface area contributed by atoms with Crippen LogP contribution in [0.2, 0.25) is 0 Å². The summed E-state index contributed by atoms with van der Waals surface area (Å²) < 4.78 is 21.7. The van der Waals surface area contributed by atoms with E-state index in [1.54, 1.807) is 6.92 Å². The zero-order chi connectivity index (χ0) is 12.9. The third-order valence-electron chi connectivity index (χ3n) is 2.39. The molecule has 96 valence electrons. The van der Waals surface area contributed by atoms with Crippen molar-refractivity contribution in [2.45, 2.75) is 16.3 Å². The molecule has 1 atom stereocenters. The largest absolute Gasteiger partial charge is 0.347 e. The molecule has 6 heteroatoms. The lowest BCUT2D eigenvalue weighted by Gasteiger charge is -2.32. The Hall–Kier alpha value is 0.01000. The van der Waals surface area contributed by atoms with Crippen LogP contribution in [0.3, 0.4) is 0 Å². The number of benzene rings is 1. The van der Waals surface area contributed by atoms with E-state index in [1.807, 2.05) is 30.3 Å². The molecule has 0 aromatic heterocycles. The molecular weight excluding hydrogens is 279 g/mol. The van der Waals surface area contributed by atoms with E-state index in [4.69, 9.17) is 20.6 Å². The topological polar surface area (TPSA) is 35.5 Å². The van der Waals surface area contributed by atoms with Gasteiger partial charge in [-0.2, -0.15) is 0 Å². The molecule has 0 aliphatic carbocycles. The molecule has 0 radical (unpaired) electrons. The number of halogens is 1. The molecule has 0 N–H and O–H groups in total. The maximum absolute atomic E-state index is 12.5. The summed E-state index contributed by atoms with van der Waals surface area (Å²) in [6.45, 7) is 1.78. The minimum atomic E-state index is -3.24. The van der Waals surface area contributed by atoms with Gasteiger partial charge in [0.2, 0.25) is 0 Å². The molecule has 3 nitrogen and oxygen atoms in total. The predicted molar refractivity (Wildman–Crippen MR) is 73.0 cm³/mol. The Labute approximate surface area is 111 Å². The van der Waals surface area contributed by atoms with E-state index >= 15 is 0 Å². The Bertz CT molecular complexity index is 393. The van der Waals surface area contributed by atoms with E-state index < -0.39 is 12.1 Å². The standard InChI is InChI=1S/C11H16ClO3PS/c1-11(9-12,16(13,14-2)15-3)17-10-7-5-4-6-8-10/h4-8H,9H2,1-3H3. The number of alkyl halides is 1. The van der Waals surface area contributed by atoms with Gasteiger partial charge in [-0.05, 0) is 19.1 Å². The third-order valence-corrected chi connectivity index (χ3v) is 7.58. The van der Waals surface area contributed by atoms with E-state index in [9.17, 15) is 4.57 Å². The second kappa shape index (κ2) is 6.26. The van der Waals surface area contributed by atoms with Crippen LogP contribution < -0.4 is 0 Å². The fraction of sp³-hybridized carbons (Fsp3) is 0.455. The Morgan fingerprint density at radius 1 is 1.29 bits per heavy atom. The van der Waals surface area contributed by atoms with Gasteiger partial charge in [-0.15, -0.1) is 23.4 Å². The molecule has 0 amide bonds. The van der Waals surface area contributed by atoms with E-state index in [-0.39, 0.29) is 5.88 Å². The molecule has 0 fully saturated rings. The van der Waals surface area contributed by atoms with Crippen molar-refractivity contribution >= 4 is 31.0 Å². The lowest BCUT2D eigenvalue weighted by atomic mass is 10.4. The normalized spacial score (nSPS) is 15.5. The molecule has 1 aromatic rings. The summed E-state index contributed by atoms with van der Waals surface area (Å²) in [6, 6.07) is 9.63. The van der Waals surface area contributed by atoms with Crippen LogP contribution in [0.15, 0.2) is 35.2 Å². The van der Waals surface area contributed by atoms with Crippen molar-refractivity contribution in [3.63, 3.8) is 0 Å². The van der Waals surface area contributed by atoms with Crippen LogP contribution in [-0.4, -0.2) is 24.6 Å². The number of rotatable bonds is 6. The maximum Gasteiger partial charge on any atom is 0.347 e. The molecule has 0 saturated carbocycles. The number of hydrogen-bond acceptors (Lipinski definition) is 4. The van der Waals surface area contributed by atoms with Gasteiger partial charge < -0.3 is 9.05 Å². The van der Waals surface area contributed by atoms with Gasteiger partial charge in [0, 0.05) is 25.0 Å². The first kappa shape index (κ1) is 15.1. The Morgan fingerprint density at radius 3 is 2.24 bits per heavy atom. The quantitative estimate of drug-likeness (QED) is 0.447. The molecule has 0 aliphatic heterocycles. The first-order valence-corrected chi connectivity index (χ1v) is 7.92. The van der Waals surface area contributed by atoms with Gasteiger partial charge in [0.05, 0.1) is 0 Å². The van der Waals surface area contributed by atoms with Gasteiger partial charge in [0.15, 0.2) is 0 Å². The minimum Gasteiger partial charge on any atom is -0.311 e. The van der Waals surface area contributed by atoms with Crippen LogP contribution in [0.25, 0.3) is 0 Å². The average Bonchev–Trinajstić information content (AvgIpc) is 2.38. The summed E-state index contributed by atoms with van der Waals surface area (Å²) in [7, 11) is -0.486. The van der Waals surface area contributed by atoms with Crippen LogP contribution in [0.4, 0.5) is 0 Å². The van der Waals surface area contributed by atoms with Gasteiger partial charge in [-0.3, -0.25) is 4.57 Å². The van der Waals surface area contributed by atoms with Crippen molar-refractivity contribution in [2.75, 3.05) is 20.1 Å². The second-order valence-electron chi connectivity index (χ2n) is 3.59. The molecule has 0 aliphatic rings. The molecule has 1 aromatic carbocycles. The molecule has 17 heavy (non-hydrogen) atoms. The third kappa shape index (κ3) is 3.27. The van der Waals surface area contributed by atoms with Crippen LogP contribution >= 0.6 is 31.0 Å². The van der Waals surface area contributed by atoms with Gasteiger partial charge in [0.1, 0.15) is 4.49 Å². The van der Waals surface area contributed by atoms with Gasteiger partial charge >= 0.3 is 7.60 Å². The summed E-state index contributed by atoms with van der Waals surface area (Å²) in [6.07, 6.45) is 0. The van der Waals surface area contributed by atoms with Crippen LogP contribution in [0.5, 0.6) is 0 Å². The van der Waals surface area contributed by atoms with Crippen molar-refractivity contribution in [1.82, 2.24) is 0 Å². The lowest BCUT2D eigenvalue weighted by Crippen LogP contribution is -2.24. The van der Waals surface area contributed by atoms with Crippen molar-refractivity contribution < 1.29 is 13.6 Å². The van der Waals surface area contributed by atoms with Crippen molar-refractivity contribution in [1.29, 1.82) is 0 Å². The first-order chi connectivity index (χ1) is 8.01. The second-order valence-corrected chi connectivity index (χ2v) is 8.45. The first-order valence-electron chi connectivity index (χ1n) is 5.03. The van der Waals surface area contributed by atoms with Crippen molar-refractivity contribution in [2.24, 2.45) is 0 Å². The minimum absolute atomic E-state index is 0.172. The maximum atomic E-state index is 12.5. The summed E-state index contributed by atoms with van der Waals surface area (Å²) in [5.74, 6) is 0.172. The highest BCUT2D eigenvalue weighted by atomic mass is 35.5. The van der Waals surface area contributed by atoms with Gasteiger partial charge in [-0.25, -0.2) is 0 Å². The molecule has 0 heterocycles. The lowest BCUT2D eigenvalue weighted by molar-refractivity contribution is 0.266. The Morgan fingerprint density at radius 2 is 1.82 bits per heavy atom. The molecule has 1 unspecified atom stereocenters. The molecule has 1 rings (SSSR count). The fourth-order valence-electron chi connectivity index (χ4n) is 1.36. The highest BCUT2D eigenvalue weighted by molar-refractivity contribution is 8.06. The van der Waals surface area contributed by atoms with Gasteiger partial charge in [-0.1, -0.05) is 18.2 Å². The zero-order valence-corrected chi connectivity index (χ0v) is 12.5. The van der Waals surface area contributed by atoms with Gasteiger partial charge in [0.25, 0.3) is 0 Å². The summed E-state index contributed by atoms with van der Waals surface area (Å²) in [5.41, 5.74) is 0. The summed E-state index contributed by atoms with van der Waals surface area (Å²) in [5, 5.41) is 0. The highest BCUT2D eigenvalue weighted by Gasteiger charge is 2.46. The van der Waals surface area contributed by atoms with Crippen LogP contribution in [-0.2, 0) is 13.6 Å². The molecular formula is C11H16ClO3PS. The fourth-order valence-corrected chi connectivity index (χ4v) is 5.10. The van der Waals surface area contributed by atoms with Crippen LogP contribution in [0, 0.1) is 0 Å². The summed E-state index contributed by atoms with van der Waals surface area (Å²) in [4.78, 5) is 0.977. The van der Waals surface area contributed by atoms with E-state index in [1.165, 1.54) is 26.0 Å². The molecule has 0 saturated heterocycles. The number of hydrogen-bond donors (Lipinski definition) is 0. The summed E-state index contributed by atoms with van der Waals surface area (Å²) >= 11 is 7.35. The van der Waals surface area contributed by atoms with E-state index in [0.29, 0.717) is 0 Å². The van der Waals surface area contributed by atoms with Crippen LogP contribution in [0.1, 0.15) is 6.92 Å². The Kier molecular flexibility index (Phi) is 5.55. The Balaban J connectivity index is 3.01. The van der Waals surface area contributed by atoms with Crippen molar-refractivity contribution in [3.05, 3.63) is 30.3 Å². The highest BCUT2D eigenvalue weighted by Crippen LogP contribution is 2.65.